The normalized spacial score (nSPS) is 16.2. The largest absolute Gasteiger partial charge is 0.488 e. The molecule has 0 aliphatic heterocycles. The van der Waals surface area contributed by atoms with Crippen LogP contribution in [0.1, 0.15) is 56.1 Å². The SMILES string of the molecule is Clc1ccc(OCc2ccccc2)c(C[NH2+]C2CCCCCCC2)c1. The van der Waals surface area contributed by atoms with Gasteiger partial charge in [-0.1, -0.05) is 61.2 Å². The van der Waals surface area contributed by atoms with E-state index in [9.17, 15) is 0 Å². The van der Waals surface area contributed by atoms with Gasteiger partial charge in [-0.3, -0.25) is 0 Å². The fourth-order valence-electron chi connectivity index (χ4n) is 3.60. The van der Waals surface area contributed by atoms with Crippen molar-refractivity contribution in [3.8, 4) is 5.75 Å². The molecule has 1 fully saturated rings. The van der Waals surface area contributed by atoms with Crippen molar-refractivity contribution in [1.29, 1.82) is 0 Å². The summed E-state index contributed by atoms with van der Waals surface area (Å²) in [5, 5.41) is 3.28. The molecule has 1 aliphatic rings. The summed E-state index contributed by atoms with van der Waals surface area (Å²) in [5.41, 5.74) is 2.39. The molecule has 2 aromatic rings. The fourth-order valence-corrected chi connectivity index (χ4v) is 3.80. The predicted octanol–water partition coefficient (Wildman–Crippen LogP) is 5.10. The summed E-state index contributed by atoms with van der Waals surface area (Å²) < 4.78 is 6.08. The second kappa shape index (κ2) is 9.84. The molecule has 1 aliphatic carbocycles. The monoisotopic (exact) mass is 358 g/mol. The van der Waals surface area contributed by atoms with Crippen LogP contribution in [-0.4, -0.2) is 6.04 Å². The zero-order chi connectivity index (χ0) is 17.3. The van der Waals surface area contributed by atoms with E-state index in [4.69, 9.17) is 16.3 Å². The highest BCUT2D eigenvalue weighted by molar-refractivity contribution is 6.30. The lowest BCUT2D eigenvalue weighted by atomic mass is 9.96. The maximum absolute atomic E-state index is 6.23. The summed E-state index contributed by atoms with van der Waals surface area (Å²) in [5.74, 6) is 0.954. The summed E-state index contributed by atoms with van der Waals surface area (Å²) in [6, 6.07) is 17.0. The molecule has 1 saturated carbocycles. The van der Waals surface area contributed by atoms with E-state index in [2.05, 4.69) is 23.5 Å². The molecule has 0 spiro atoms. The Balaban J connectivity index is 1.60. The highest BCUT2D eigenvalue weighted by Crippen LogP contribution is 2.23. The van der Waals surface area contributed by atoms with Gasteiger partial charge < -0.3 is 10.1 Å². The third-order valence-electron chi connectivity index (χ3n) is 5.08. The number of quaternary nitrogens is 1. The lowest BCUT2D eigenvalue weighted by Gasteiger charge is -2.19. The Hall–Kier alpha value is -1.51. The van der Waals surface area contributed by atoms with Crippen LogP contribution in [0.25, 0.3) is 0 Å². The van der Waals surface area contributed by atoms with Crippen molar-refractivity contribution in [2.45, 2.75) is 64.1 Å². The minimum absolute atomic E-state index is 0.596. The molecule has 2 nitrogen and oxygen atoms in total. The first-order valence-electron chi connectivity index (χ1n) is 9.60. The van der Waals surface area contributed by atoms with Crippen LogP contribution in [0.4, 0.5) is 0 Å². The molecule has 2 N–H and O–H groups in total. The summed E-state index contributed by atoms with van der Waals surface area (Å²) >= 11 is 6.23. The zero-order valence-electron chi connectivity index (χ0n) is 14.9. The van der Waals surface area contributed by atoms with Crippen LogP contribution in [0, 0.1) is 0 Å². The third kappa shape index (κ3) is 6.05. The molecule has 0 unspecified atom stereocenters. The lowest BCUT2D eigenvalue weighted by molar-refractivity contribution is -0.706. The number of rotatable bonds is 6. The van der Waals surface area contributed by atoms with Crippen molar-refractivity contribution in [1.82, 2.24) is 0 Å². The average molecular weight is 359 g/mol. The van der Waals surface area contributed by atoms with Crippen molar-refractivity contribution in [2.75, 3.05) is 0 Å². The number of benzene rings is 2. The van der Waals surface area contributed by atoms with Crippen LogP contribution in [0.2, 0.25) is 5.02 Å². The Labute approximate surface area is 156 Å². The Morgan fingerprint density at radius 2 is 1.64 bits per heavy atom. The molecule has 0 radical (unpaired) electrons. The van der Waals surface area contributed by atoms with E-state index in [1.165, 1.54) is 56.1 Å². The van der Waals surface area contributed by atoms with Gasteiger partial charge >= 0.3 is 0 Å². The van der Waals surface area contributed by atoms with Crippen molar-refractivity contribution in [3.05, 3.63) is 64.7 Å². The second-order valence-electron chi connectivity index (χ2n) is 7.07. The van der Waals surface area contributed by atoms with Crippen LogP contribution < -0.4 is 10.1 Å². The molecule has 3 heteroatoms. The van der Waals surface area contributed by atoms with Gasteiger partial charge in [-0.25, -0.2) is 0 Å². The zero-order valence-corrected chi connectivity index (χ0v) is 15.7. The van der Waals surface area contributed by atoms with E-state index in [-0.39, 0.29) is 0 Å². The molecular formula is C22H29ClNO+. The Morgan fingerprint density at radius 1 is 0.920 bits per heavy atom. The summed E-state index contributed by atoms with van der Waals surface area (Å²) in [4.78, 5) is 0. The number of halogens is 1. The molecule has 0 atom stereocenters. The molecule has 0 heterocycles. The van der Waals surface area contributed by atoms with Crippen LogP contribution in [0.5, 0.6) is 5.75 Å². The number of nitrogens with two attached hydrogens (primary N) is 1. The summed E-state index contributed by atoms with van der Waals surface area (Å²) in [6.07, 6.45) is 9.61. The molecule has 25 heavy (non-hydrogen) atoms. The number of hydrogen-bond donors (Lipinski definition) is 1. The van der Waals surface area contributed by atoms with Gasteiger partial charge in [0.05, 0.1) is 6.04 Å². The van der Waals surface area contributed by atoms with Gasteiger partial charge in [0.2, 0.25) is 0 Å². The van der Waals surface area contributed by atoms with Crippen LogP contribution in [0.3, 0.4) is 0 Å². The first kappa shape index (κ1) is 18.3. The lowest BCUT2D eigenvalue weighted by Crippen LogP contribution is -2.88. The first-order chi connectivity index (χ1) is 12.3. The maximum atomic E-state index is 6.23. The van der Waals surface area contributed by atoms with Gasteiger partial charge in [0.25, 0.3) is 0 Å². The standard InChI is InChI=1S/C22H28ClNO/c23-20-13-14-22(25-17-18-9-5-4-6-10-18)19(15-20)16-24-21-11-7-2-1-3-8-12-21/h4-6,9-10,13-15,21,24H,1-3,7-8,11-12,16-17H2/p+1. The highest BCUT2D eigenvalue weighted by Gasteiger charge is 2.15. The van der Waals surface area contributed by atoms with Crippen LogP contribution >= 0.6 is 11.6 Å². The molecule has 0 aromatic heterocycles. The van der Waals surface area contributed by atoms with E-state index in [1.807, 2.05) is 30.3 Å². The molecule has 2 aromatic carbocycles. The van der Waals surface area contributed by atoms with Crippen LogP contribution in [0.15, 0.2) is 48.5 Å². The molecule has 3 rings (SSSR count). The highest BCUT2D eigenvalue weighted by atomic mass is 35.5. The first-order valence-corrected chi connectivity index (χ1v) is 9.97. The summed E-state index contributed by atoms with van der Waals surface area (Å²) in [7, 11) is 0. The minimum Gasteiger partial charge on any atom is -0.488 e. The molecule has 0 saturated heterocycles. The quantitative estimate of drug-likeness (QED) is 0.764. The van der Waals surface area contributed by atoms with Gasteiger partial charge in [0.15, 0.2) is 0 Å². The average Bonchev–Trinajstić information content (AvgIpc) is 2.61. The van der Waals surface area contributed by atoms with E-state index < -0.39 is 0 Å². The molecule has 0 amide bonds. The Bertz CT molecular complexity index is 636. The van der Waals surface area contributed by atoms with Gasteiger partial charge in [0, 0.05) is 10.6 Å². The Kier molecular flexibility index (Phi) is 7.20. The smallest absolute Gasteiger partial charge is 0.128 e. The summed E-state index contributed by atoms with van der Waals surface area (Å²) in [6.45, 7) is 1.54. The predicted molar refractivity (Wildman–Crippen MR) is 104 cm³/mol. The van der Waals surface area contributed by atoms with Crippen molar-refractivity contribution in [2.24, 2.45) is 0 Å². The van der Waals surface area contributed by atoms with Gasteiger partial charge in [0.1, 0.15) is 18.9 Å². The van der Waals surface area contributed by atoms with Gasteiger partial charge in [-0.05, 0) is 49.4 Å². The van der Waals surface area contributed by atoms with Gasteiger partial charge in [-0.15, -0.1) is 0 Å². The topological polar surface area (TPSA) is 25.8 Å². The van der Waals surface area contributed by atoms with E-state index >= 15 is 0 Å². The minimum atomic E-state index is 0.596. The van der Waals surface area contributed by atoms with E-state index in [1.54, 1.807) is 0 Å². The molecule has 134 valence electrons. The fraction of sp³-hybridized carbons (Fsp3) is 0.455. The maximum Gasteiger partial charge on any atom is 0.128 e. The molecular weight excluding hydrogens is 330 g/mol. The second-order valence-corrected chi connectivity index (χ2v) is 7.51. The van der Waals surface area contributed by atoms with Crippen molar-refractivity contribution < 1.29 is 10.1 Å². The van der Waals surface area contributed by atoms with Crippen molar-refractivity contribution in [3.63, 3.8) is 0 Å². The molecule has 0 bridgehead atoms. The van der Waals surface area contributed by atoms with Crippen molar-refractivity contribution >= 4 is 11.6 Å². The van der Waals surface area contributed by atoms with Gasteiger partial charge in [-0.2, -0.15) is 0 Å². The van der Waals surface area contributed by atoms with E-state index in [0.29, 0.717) is 6.61 Å². The van der Waals surface area contributed by atoms with Crippen LogP contribution in [-0.2, 0) is 13.2 Å². The Morgan fingerprint density at radius 3 is 2.40 bits per heavy atom. The number of hydrogen-bond acceptors (Lipinski definition) is 1. The van der Waals surface area contributed by atoms with E-state index in [0.717, 1.165) is 23.4 Å². The third-order valence-corrected chi connectivity index (χ3v) is 5.32. The number of ether oxygens (including phenoxy) is 1.